The molecule has 1 N–H and O–H groups in total. The van der Waals surface area contributed by atoms with Crippen molar-refractivity contribution in [1.82, 2.24) is 10.3 Å². The first-order chi connectivity index (χ1) is 13.8. The van der Waals surface area contributed by atoms with Crippen LogP contribution in [0.5, 0.6) is 11.5 Å². The van der Waals surface area contributed by atoms with Gasteiger partial charge in [-0.2, -0.15) is 0 Å². The van der Waals surface area contributed by atoms with Gasteiger partial charge in [-0.05, 0) is 48.9 Å². The number of ether oxygens (including phenoxy) is 2. The fourth-order valence-corrected chi connectivity index (χ4v) is 4.67. The number of carbonyl (C=O) groups is 2. The fourth-order valence-electron chi connectivity index (χ4n) is 4.55. The summed E-state index contributed by atoms with van der Waals surface area (Å²) in [4.78, 5) is 28.9. The molecule has 152 valence electrons. The number of nitrogens with one attached hydrogen (secondary N) is 1. The Morgan fingerprint density at radius 3 is 2.72 bits per heavy atom. The summed E-state index contributed by atoms with van der Waals surface area (Å²) in [5, 5.41) is 2.98. The maximum Gasteiger partial charge on any atom is 0.258 e. The van der Waals surface area contributed by atoms with Crippen molar-refractivity contribution in [2.45, 2.75) is 31.2 Å². The molecule has 3 saturated carbocycles. The smallest absolute Gasteiger partial charge is 0.258 e. The lowest BCUT2D eigenvalue weighted by molar-refractivity contribution is -0.164. The first-order valence-electron chi connectivity index (χ1n) is 9.25. The number of pyridine rings is 1. The molecule has 0 unspecified atom stereocenters. The van der Waals surface area contributed by atoms with Gasteiger partial charge in [0.1, 0.15) is 23.0 Å². The van der Waals surface area contributed by atoms with Gasteiger partial charge < -0.3 is 14.8 Å². The lowest BCUT2D eigenvalue weighted by atomic mass is 9.38. The Labute approximate surface area is 172 Å². The van der Waals surface area contributed by atoms with E-state index in [9.17, 15) is 14.0 Å². The van der Waals surface area contributed by atoms with Gasteiger partial charge in [-0.1, -0.05) is 11.6 Å². The maximum atomic E-state index is 13.4. The molecule has 3 aliphatic carbocycles. The molecule has 3 aliphatic rings. The monoisotopic (exact) mass is 418 g/mol. The number of hydrogen-bond donors (Lipinski definition) is 1. The minimum atomic E-state index is -0.597. The Hall–Kier alpha value is -2.67. The van der Waals surface area contributed by atoms with Crippen LogP contribution in [0.2, 0.25) is 5.02 Å². The van der Waals surface area contributed by atoms with Gasteiger partial charge in [-0.3, -0.25) is 9.59 Å². The number of rotatable bonds is 8. The van der Waals surface area contributed by atoms with E-state index in [2.05, 4.69) is 10.3 Å². The largest absolute Gasteiger partial charge is 0.494 e. The van der Waals surface area contributed by atoms with E-state index in [0.29, 0.717) is 17.9 Å². The zero-order valence-electron chi connectivity index (χ0n) is 15.8. The Bertz CT molecular complexity index is 961. The lowest BCUT2D eigenvalue weighted by Crippen LogP contribution is -2.75. The summed E-state index contributed by atoms with van der Waals surface area (Å²) < 4.78 is 23.9. The van der Waals surface area contributed by atoms with Gasteiger partial charge in [-0.15, -0.1) is 0 Å². The standard InChI is InChI=1S/C21H20ClFN2O4/c1-28-17-3-2-6-24-19(17)16(26)8-20-10-21(11-20,12-20)25-18(27)9-29-13-4-5-14(22)15(23)7-13/h2-7H,8-12H2,1H3,(H,25,27). The van der Waals surface area contributed by atoms with Gasteiger partial charge in [0.05, 0.1) is 12.1 Å². The van der Waals surface area contributed by atoms with Crippen LogP contribution in [0, 0.1) is 11.2 Å². The molecule has 0 aliphatic heterocycles. The Morgan fingerprint density at radius 2 is 2.03 bits per heavy atom. The van der Waals surface area contributed by atoms with Crippen LogP contribution in [0.3, 0.4) is 0 Å². The third kappa shape index (κ3) is 3.79. The average Bonchev–Trinajstić information content (AvgIpc) is 2.66. The average molecular weight is 419 g/mol. The van der Waals surface area contributed by atoms with Gasteiger partial charge >= 0.3 is 0 Å². The molecule has 2 aromatic rings. The molecule has 2 bridgehead atoms. The highest BCUT2D eigenvalue weighted by atomic mass is 35.5. The normalized spacial score (nSPS) is 24.1. The van der Waals surface area contributed by atoms with Crippen LogP contribution >= 0.6 is 11.6 Å². The van der Waals surface area contributed by atoms with Crippen LogP contribution in [-0.4, -0.2) is 35.9 Å². The molecule has 29 heavy (non-hydrogen) atoms. The minimum Gasteiger partial charge on any atom is -0.494 e. The molecular weight excluding hydrogens is 399 g/mol. The number of benzene rings is 1. The number of hydrogen-bond acceptors (Lipinski definition) is 5. The van der Waals surface area contributed by atoms with Crippen molar-refractivity contribution in [3.63, 3.8) is 0 Å². The Morgan fingerprint density at radius 1 is 1.28 bits per heavy atom. The summed E-state index contributed by atoms with van der Waals surface area (Å²) >= 11 is 5.62. The number of methoxy groups -OCH3 is 1. The van der Waals surface area contributed by atoms with E-state index in [4.69, 9.17) is 21.1 Å². The third-order valence-electron chi connectivity index (χ3n) is 5.60. The van der Waals surface area contributed by atoms with E-state index >= 15 is 0 Å². The molecular formula is C21H20ClFN2O4. The van der Waals surface area contributed by atoms with Gasteiger partial charge in [-0.25, -0.2) is 9.37 Å². The zero-order valence-corrected chi connectivity index (χ0v) is 16.6. The molecule has 0 radical (unpaired) electrons. The predicted molar refractivity (Wildman–Crippen MR) is 104 cm³/mol. The van der Waals surface area contributed by atoms with Crippen LogP contribution in [0.25, 0.3) is 0 Å². The van der Waals surface area contributed by atoms with Crippen molar-refractivity contribution in [2.75, 3.05) is 13.7 Å². The van der Waals surface area contributed by atoms with E-state index in [1.54, 1.807) is 18.3 Å². The highest BCUT2D eigenvalue weighted by Crippen LogP contribution is 2.69. The molecule has 0 atom stereocenters. The number of ketones is 1. The molecule has 3 fully saturated rings. The van der Waals surface area contributed by atoms with Crippen LogP contribution in [0.4, 0.5) is 4.39 Å². The third-order valence-corrected chi connectivity index (χ3v) is 5.90. The minimum absolute atomic E-state index is 0.00108. The van der Waals surface area contributed by atoms with Crippen molar-refractivity contribution < 1.29 is 23.5 Å². The quantitative estimate of drug-likeness (QED) is 0.663. The summed E-state index contributed by atoms with van der Waals surface area (Å²) in [6.45, 7) is -0.208. The van der Waals surface area contributed by atoms with Crippen LogP contribution in [-0.2, 0) is 4.79 Å². The van der Waals surface area contributed by atoms with Crippen molar-refractivity contribution >= 4 is 23.3 Å². The zero-order chi connectivity index (χ0) is 20.6. The van der Waals surface area contributed by atoms with Gasteiger partial charge in [0.15, 0.2) is 12.4 Å². The Kier molecular flexibility index (Phi) is 4.94. The second-order valence-electron chi connectivity index (χ2n) is 7.88. The molecule has 6 nitrogen and oxygen atoms in total. The van der Waals surface area contributed by atoms with Gasteiger partial charge in [0, 0.05) is 24.2 Å². The second kappa shape index (κ2) is 7.30. The number of nitrogens with zero attached hydrogens (tertiary/aromatic N) is 1. The lowest BCUT2D eigenvalue weighted by Gasteiger charge is -2.70. The van der Waals surface area contributed by atoms with E-state index in [1.165, 1.54) is 19.2 Å². The molecule has 0 spiro atoms. The summed E-state index contributed by atoms with van der Waals surface area (Å²) in [6.07, 6.45) is 4.22. The van der Waals surface area contributed by atoms with Crippen molar-refractivity contribution in [3.8, 4) is 11.5 Å². The van der Waals surface area contributed by atoms with E-state index in [1.807, 2.05) is 0 Å². The molecule has 1 aromatic carbocycles. The second-order valence-corrected chi connectivity index (χ2v) is 8.28. The highest BCUT2D eigenvalue weighted by molar-refractivity contribution is 6.30. The number of aromatic nitrogens is 1. The van der Waals surface area contributed by atoms with Crippen LogP contribution < -0.4 is 14.8 Å². The molecule has 5 rings (SSSR count). The molecule has 8 heteroatoms. The van der Waals surface area contributed by atoms with Crippen LogP contribution in [0.1, 0.15) is 36.2 Å². The van der Waals surface area contributed by atoms with Crippen molar-refractivity contribution in [3.05, 3.63) is 53.1 Å². The number of carbonyl (C=O) groups excluding carboxylic acids is 2. The fraction of sp³-hybridized carbons (Fsp3) is 0.381. The first-order valence-corrected chi connectivity index (χ1v) is 9.63. The SMILES string of the molecule is COc1cccnc1C(=O)CC12CC(NC(=O)COc3ccc(Cl)c(F)c3)(C1)C2. The molecule has 1 amide bonds. The van der Waals surface area contributed by atoms with Crippen molar-refractivity contribution in [2.24, 2.45) is 5.41 Å². The molecule has 0 saturated heterocycles. The first kappa shape index (κ1) is 19.6. The van der Waals surface area contributed by atoms with E-state index < -0.39 is 5.82 Å². The van der Waals surface area contributed by atoms with Gasteiger partial charge in [0.25, 0.3) is 5.91 Å². The van der Waals surface area contributed by atoms with Crippen molar-refractivity contribution in [1.29, 1.82) is 0 Å². The number of amides is 1. The Balaban J connectivity index is 1.26. The topological polar surface area (TPSA) is 77.5 Å². The molecule has 1 aromatic heterocycles. The summed E-state index contributed by atoms with van der Waals surface area (Å²) in [5.74, 6) is -0.199. The van der Waals surface area contributed by atoms with E-state index in [0.717, 1.165) is 25.3 Å². The number of halogens is 2. The van der Waals surface area contributed by atoms with E-state index in [-0.39, 0.29) is 40.0 Å². The summed E-state index contributed by atoms with van der Waals surface area (Å²) in [5.41, 5.74) is 0.00848. The van der Waals surface area contributed by atoms with Crippen LogP contribution in [0.15, 0.2) is 36.5 Å². The maximum absolute atomic E-state index is 13.4. The summed E-state index contributed by atoms with van der Waals surface area (Å²) in [7, 11) is 1.51. The number of Topliss-reactive ketones (excluding diaryl/α,β-unsaturated/α-hetero) is 1. The predicted octanol–water partition coefficient (Wildman–Crippen LogP) is 3.57. The highest BCUT2D eigenvalue weighted by Gasteiger charge is 2.68. The summed E-state index contributed by atoms with van der Waals surface area (Å²) in [6, 6.07) is 7.47. The van der Waals surface area contributed by atoms with Gasteiger partial charge in [0.2, 0.25) is 0 Å². The molecule has 1 heterocycles.